The number of fused-ring (bicyclic) bond motifs is 2. The summed E-state index contributed by atoms with van der Waals surface area (Å²) in [6.45, 7) is 2.40. The second-order valence-electron chi connectivity index (χ2n) is 5.86. The van der Waals surface area contributed by atoms with E-state index >= 15 is 0 Å². The van der Waals surface area contributed by atoms with Gasteiger partial charge in [-0.1, -0.05) is 11.6 Å². The molecule has 0 radical (unpaired) electrons. The highest BCUT2D eigenvalue weighted by molar-refractivity contribution is 6.33. The number of hydrogen-bond donors (Lipinski definition) is 3. The van der Waals surface area contributed by atoms with Crippen molar-refractivity contribution < 1.29 is 14.3 Å². The van der Waals surface area contributed by atoms with Gasteiger partial charge in [-0.2, -0.15) is 0 Å². The predicted octanol–water partition coefficient (Wildman–Crippen LogP) is 1.27. The first kappa shape index (κ1) is 15.9. The van der Waals surface area contributed by atoms with Crippen molar-refractivity contribution in [2.24, 2.45) is 0 Å². The third-order valence-corrected chi connectivity index (χ3v) is 4.35. The smallest absolute Gasteiger partial charge is 0.275 e. The molecule has 8 nitrogen and oxygen atoms in total. The molecular weight excluding hydrogens is 346 g/mol. The lowest BCUT2D eigenvalue weighted by atomic mass is 10.2. The van der Waals surface area contributed by atoms with Crippen LogP contribution in [0.15, 0.2) is 18.3 Å². The number of anilines is 2. The second kappa shape index (κ2) is 6.38. The Balaban J connectivity index is 1.56. The van der Waals surface area contributed by atoms with Crippen LogP contribution < -0.4 is 20.7 Å². The molecule has 0 saturated heterocycles. The Morgan fingerprint density at radius 1 is 1.36 bits per heavy atom. The van der Waals surface area contributed by atoms with Crippen LogP contribution in [-0.2, 0) is 17.8 Å². The Morgan fingerprint density at radius 3 is 3.12 bits per heavy atom. The summed E-state index contributed by atoms with van der Waals surface area (Å²) in [5.74, 6) is 0.700. The van der Waals surface area contributed by atoms with Crippen molar-refractivity contribution in [1.82, 2.24) is 14.9 Å². The number of rotatable bonds is 2. The molecule has 2 aromatic rings. The van der Waals surface area contributed by atoms with E-state index in [1.165, 1.54) is 0 Å². The number of nitrogens with zero attached hydrogens (tertiary/aromatic N) is 2. The quantitative estimate of drug-likeness (QED) is 0.748. The van der Waals surface area contributed by atoms with Crippen molar-refractivity contribution in [1.29, 1.82) is 0 Å². The Hall–Kier alpha value is -2.58. The molecule has 25 heavy (non-hydrogen) atoms. The van der Waals surface area contributed by atoms with Crippen LogP contribution in [0.25, 0.3) is 0 Å². The van der Waals surface area contributed by atoms with E-state index in [4.69, 9.17) is 16.3 Å². The standard InChI is InChI=1S/C16H16ClN5O3/c17-10-5-9(6-11-15(10)25-8-14(23)21-11)19-16(24)12-7-22-4-3-18-2-1-13(22)20-12/h5-7,18H,1-4,8H2,(H,19,24)(H,21,23). The summed E-state index contributed by atoms with van der Waals surface area (Å²) in [5.41, 5.74) is 1.25. The molecule has 0 unspecified atom stereocenters. The Morgan fingerprint density at radius 2 is 2.24 bits per heavy atom. The van der Waals surface area contributed by atoms with Gasteiger partial charge in [-0.05, 0) is 12.1 Å². The molecule has 0 saturated carbocycles. The molecule has 130 valence electrons. The van der Waals surface area contributed by atoms with Crippen LogP contribution in [0.5, 0.6) is 5.75 Å². The number of benzene rings is 1. The van der Waals surface area contributed by atoms with Gasteiger partial charge in [0.25, 0.3) is 11.8 Å². The Labute approximate surface area is 148 Å². The summed E-state index contributed by atoms with van der Waals surface area (Å²) in [4.78, 5) is 28.4. The van der Waals surface area contributed by atoms with Crippen molar-refractivity contribution >= 4 is 34.8 Å². The van der Waals surface area contributed by atoms with Crippen LogP contribution in [0.2, 0.25) is 5.02 Å². The third kappa shape index (κ3) is 3.18. The van der Waals surface area contributed by atoms with Gasteiger partial charge in [-0.3, -0.25) is 9.59 Å². The van der Waals surface area contributed by atoms with E-state index in [0.29, 0.717) is 27.8 Å². The fourth-order valence-corrected chi connectivity index (χ4v) is 3.18. The molecule has 3 N–H and O–H groups in total. The lowest BCUT2D eigenvalue weighted by molar-refractivity contribution is -0.118. The van der Waals surface area contributed by atoms with Crippen LogP contribution in [0.3, 0.4) is 0 Å². The van der Waals surface area contributed by atoms with E-state index in [2.05, 4.69) is 20.9 Å². The molecule has 1 aromatic heterocycles. The van der Waals surface area contributed by atoms with Crippen molar-refractivity contribution in [3.63, 3.8) is 0 Å². The summed E-state index contributed by atoms with van der Waals surface area (Å²) >= 11 is 6.17. The molecule has 0 fully saturated rings. The maximum Gasteiger partial charge on any atom is 0.275 e. The van der Waals surface area contributed by atoms with Crippen LogP contribution in [-0.4, -0.2) is 41.1 Å². The van der Waals surface area contributed by atoms with Gasteiger partial charge in [0.1, 0.15) is 11.5 Å². The lowest BCUT2D eigenvalue weighted by Gasteiger charge is -2.20. The summed E-state index contributed by atoms with van der Waals surface area (Å²) in [7, 11) is 0. The third-order valence-electron chi connectivity index (χ3n) is 4.07. The van der Waals surface area contributed by atoms with Crippen molar-refractivity contribution in [2.45, 2.75) is 13.0 Å². The molecular formula is C16H16ClN5O3. The highest BCUT2D eigenvalue weighted by Crippen LogP contribution is 2.38. The first-order valence-electron chi connectivity index (χ1n) is 7.94. The summed E-state index contributed by atoms with van der Waals surface area (Å²) < 4.78 is 7.29. The molecule has 0 bridgehead atoms. The molecule has 0 aliphatic carbocycles. The second-order valence-corrected chi connectivity index (χ2v) is 6.27. The van der Waals surface area contributed by atoms with Gasteiger partial charge >= 0.3 is 0 Å². The van der Waals surface area contributed by atoms with Crippen LogP contribution in [0.4, 0.5) is 11.4 Å². The first-order valence-corrected chi connectivity index (χ1v) is 8.32. The van der Waals surface area contributed by atoms with Gasteiger partial charge in [0.15, 0.2) is 12.4 Å². The zero-order chi connectivity index (χ0) is 17.4. The molecule has 2 amide bonds. The molecule has 0 atom stereocenters. The summed E-state index contributed by atoms with van der Waals surface area (Å²) in [5, 5.41) is 9.05. The number of imidazole rings is 1. The lowest BCUT2D eigenvalue weighted by Crippen LogP contribution is -2.25. The maximum atomic E-state index is 12.5. The highest BCUT2D eigenvalue weighted by Gasteiger charge is 2.21. The largest absolute Gasteiger partial charge is 0.480 e. The number of halogens is 1. The molecule has 1 aromatic carbocycles. The molecule has 4 rings (SSSR count). The van der Waals surface area contributed by atoms with Crippen molar-refractivity contribution in [3.8, 4) is 5.75 Å². The minimum atomic E-state index is -0.326. The Bertz CT molecular complexity index is 840. The van der Waals surface area contributed by atoms with Gasteiger partial charge in [0.2, 0.25) is 0 Å². The van der Waals surface area contributed by atoms with E-state index in [-0.39, 0.29) is 18.4 Å². The average molecular weight is 362 g/mol. The van der Waals surface area contributed by atoms with Crippen LogP contribution in [0, 0.1) is 0 Å². The van der Waals surface area contributed by atoms with Gasteiger partial charge in [-0.25, -0.2) is 4.98 Å². The molecule has 0 spiro atoms. The molecule has 2 aliphatic rings. The zero-order valence-electron chi connectivity index (χ0n) is 13.3. The van der Waals surface area contributed by atoms with E-state index < -0.39 is 0 Å². The number of carbonyl (C=O) groups is 2. The number of amides is 2. The number of ether oxygens (including phenoxy) is 1. The van der Waals surface area contributed by atoms with Gasteiger partial charge in [0, 0.05) is 37.9 Å². The van der Waals surface area contributed by atoms with Gasteiger partial charge in [-0.15, -0.1) is 0 Å². The van der Waals surface area contributed by atoms with E-state index in [9.17, 15) is 9.59 Å². The predicted molar refractivity (Wildman–Crippen MR) is 92.3 cm³/mol. The van der Waals surface area contributed by atoms with Gasteiger partial charge in [0.05, 0.1) is 10.7 Å². The van der Waals surface area contributed by atoms with E-state index in [1.54, 1.807) is 18.3 Å². The fraction of sp³-hybridized carbons (Fsp3) is 0.312. The van der Waals surface area contributed by atoms with E-state index in [0.717, 1.165) is 31.9 Å². The number of nitrogens with one attached hydrogen (secondary N) is 3. The fourth-order valence-electron chi connectivity index (χ4n) is 2.91. The first-order chi connectivity index (χ1) is 12.1. The monoisotopic (exact) mass is 361 g/mol. The van der Waals surface area contributed by atoms with Crippen LogP contribution >= 0.6 is 11.6 Å². The van der Waals surface area contributed by atoms with Crippen LogP contribution in [0.1, 0.15) is 16.3 Å². The van der Waals surface area contributed by atoms with Gasteiger partial charge < -0.3 is 25.3 Å². The normalized spacial score (nSPS) is 16.1. The van der Waals surface area contributed by atoms with E-state index in [1.807, 2.05) is 4.57 Å². The highest BCUT2D eigenvalue weighted by atomic mass is 35.5. The zero-order valence-corrected chi connectivity index (χ0v) is 14.0. The minimum Gasteiger partial charge on any atom is -0.480 e. The molecule has 9 heteroatoms. The minimum absolute atomic E-state index is 0.0759. The SMILES string of the molecule is O=C1COc2c(Cl)cc(NC(=O)c3cn4c(n3)CCNCC4)cc2N1. The average Bonchev–Trinajstić information content (AvgIpc) is 2.85. The number of hydrogen-bond acceptors (Lipinski definition) is 5. The number of aromatic nitrogens is 2. The topological polar surface area (TPSA) is 97.3 Å². The van der Waals surface area contributed by atoms with Crippen molar-refractivity contribution in [3.05, 3.63) is 34.9 Å². The number of carbonyl (C=O) groups excluding carboxylic acids is 2. The molecule has 3 heterocycles. The Kier molecular flexibility index (Phi) is 4.06. The summed E-state index contributed by atoms with van der Waals surface area (Å²) in [6.07, 6.45) is 2.53. The maximum absolute atomic E-state index is 12.5. The molecule has 2 aliphatic heterocycles. The van der Waals surface area contributed by atoms with Crippen molar-refractivity contribution in [2.75, 3.05) is 30.3 Å². The summed E-state index contributed by atoms with van der Waals surface area (Å²) in [6, 6.07) is 3.20.